The Morgan fingerprint density at radius 3 is 0.941 bits per heavy atom. The van der Waals surface area contributed by atoms with Crippen molar-refractivity contribution in [1.82, 2.24) is 0 Å². The number of hydrogen-bond acceptors (Lipinski definition) is 11. The lowest BCUT2D eigenvalue weighted by Gasteiger charge is -2.08. The smallest absolute Gasteiger partial charge is 0.329 e. The molecule has 0 rings (SSSR count). The highest BCUT2D eigenvalue weighted by Crippen LogP contribution is 1.86. The molecule has 0 amide bonds. The number of ether oxygens (including phenoxy) is 10. The summed E-state index contributed by atoms with van der Waals surface area (Å²) in [6.45, 7) is 11.6. The largest absolute Gasteiger partial charge is 0.499 e. The molecule has 0 atom stereocenters. The van der Waals surface area contributed by atoms with Crippen LogP contribution in [0, 0.1) is 0 Å². The minimum Gasteiger partial charge on any atom is -0.499 e. The Morgan fingerprint density at radius 2 is 0.706 bits per heavy atom. The molecule has 0 saturated heterocycles. The van der Waals surface area contributed by atoms with Crippen LogP contribution in [-0.2, 0) is 52.2 Å². The van der Waals surface area contributed by atoms with Gasteiger partial charge in [0, 0.05) is 0 Å². The zero-order valence-corrected chi connectivity index (χ0v) is 20.2. The molecule has 0 aliphatic rings. The van der Waals surface area contributed by atoms with E-state index in [1.165, 1.54) is 6.26 Å². The zero-order valence-electron chi connectivity index (χ0n) is 20.2. The van der Waals surface area contributed by atoms with Crippen molar-refractivity contribution < 1.29 is 57.3 Å². The Hall–Kier alpha value is -1.35. The first-order valence-electron chi connectivity index (χ1n) is 11.4. The maximum absolute atomic E-state index is 10.2. The van der Waals surface area contributed by atoms with E-state index in [2.05, 4.69) is 6.58 Å². The standard InChI is InChI=1S/C22H42O12/c1-2-25-3-4-26-5-6-27-7-8-28-9-10-29-11-12-30-13-14-31-15-16-32-17-18-33-19-20-34-21-22(23)24/h2H,1,3-21H2,(H,23,24). The van der Waals surface area contributed by atoms with E-state index in [9.17, 15) is 4.79 Å². The van der Waals surface area contributed by atoms with Crippen LogP contribution in [0.2, 0.25) is 0 Å². The molecule has 0 heterocycles. The first kappa shape index (κ1) is 32.7. The van der Waals surface area contributed by atoms with Crippen LogP contribution in [-0.4, -0.2) is 137 Å². The van der Waals surface area contributed by atoms with Gasteiger partial charge in [-0.25, -0.2) is 4.79 Å². The molecule has 0 aromatic rings. The molecule has 34 heavy (non-hydrogen) atoms. The van der Waals surface area contributed by atoms with E-state index >= 15 is 0 Å². The normalized spacial score (nSPS) is 11.1. The number of carbonyl (C=O) groups is 1. The highest BCUT2D eigenvalue weighted by Gasteiger charge is 1.97. The molecule has 0 aromatic carbocycles. The molecule has 12 nitrogen and oxygen atoms in total. The number of carboxylic acid groups (broad SMARTS) is 1. The van der Waals surface area contributed by atoms with Crippen LogP contribution < -0.4 is 0 Å². The van der Waals surface area contributed by atoms with Crippen molar-refractivity contribution >= 4 is 5.97 Å². The molecule has 0 saturated carbocycles. The van der Waals surface area contributed by atoms with Crippen LogP contribution in [0.15, 0.2) is 12.8 Å². The monoisotopic (exact) mass is 498 g/mol. The Balaban J connectivity index is 3.01. The molecular weight excluding hydrogens is 456 g/mol. The van der Waals surface area contributed by atoms with Gasteiger partial charge < -0.3 is 52.5 Å². The summed E-state index contributed by atoms with van der Waals surface area (Å²) in [7, 11) is 0. The van der Waals surface area contributed by atoms with E-state index in [0.29, 0.717) is 112 Å². The second-order valence-corrected chi connectivity index (χ2v) is 6.38. The van der Waals surface area contributed by atoms with Crippen LogP contribution in [0.3, 0.4) is 0 Å². The maximum Gasteiger partial charge on any atom is 0.329 e. The predicted octanol–water partition coefficient (Wildman–Crippen LogP) is 0.381. The minimum atomic E-state index is -0.994. The maximum atomic E-state index is 10.2. The minimum absolute atomic E-state index is 0.245. The Kier molecular flexibility index (Phi) is 28.5. The predicted molar refractivity (Wildman–Crippen MR) is 121 cm³/mol. The third kappa shape index (κ3) is 30.6. The molecule has 0 unspecified atom stereocenters. The van der Waals surface area contributed by atoms with Crippen LogP contribution in [0.5, 0.6) is 0 Å². The van der Waals surface area contributed by atoms with Gasteiger partial charge in [-0.05, 0) is 0 Å². The first-order valence-corrected chi connectivity index (χ1v) is 11.4. The van der Waals surface area contributed by atoms with Gasteiger partial charge in [0.1, 0.15) is 13.2 Å². The summed E-state index contributed by atoms with van der Waals surface area (Å²) in [5.41, 5.74) is 0. The van der Waals surface area contributed by atoms with Crippen molar-refractivity contribution in [3.05, 3.63) is 12.8 Å². The van der Waals surface area contributed by atoms with E-state index in [0.717, 1.165) is 0 Å². The number of rotatable bonds is 30. The molecule has 12 heteroatoms. The second-order valence-electron chi connectivity index (χ2n) is 6.38. The van der Waals surface area contributed by atoms with Crippen LogP contribution in [0.25, 0.3) is 0 Å². The SMILES string of the molecule is C=COCCOCCOCCOCCOCCOCCOCCOCCOCCOCC(=O)O. The van der Waals surface area contributed by atoms with Crippen LogP contribution >= 0.6 is 0 Å². The van der Waals surface area contributed by atoms with Crippen LogP contribution in [0.4, 0.5) is 0 Å². The van der Waals surface area contributed by atoms with Crippen molar-refractivity contribution in [2.45, 2.75) is 0 Å². The third-order valence-electron chi connectivity index (χ3n) is 3.66. The van der Waals surface area contributed by atoms with Gasteiger partial charge in [-0.2, -0.15) is 0 Å². The fourth-order valence-corrected chi connectivity index (χ4v) is 2.11. The molecule has 202 valence electrons. The van der Waals surface area contributed by atoms with Gasteiger partial charge in [-0.15, -0.1) is 0 Å². The molecule has 0 bridgehead atoms. The topological polar surface area (TPSA) is 130 Å². The van der Waals surface area contributed by atoms with Crippen molar-refractivity contribution in [2.24, 2.45) is 0 Å². The molecule has 0 radical (unpaired) electrons. The molecule has 0 aromatic heterocycles. The van der Waals surface area contributed by atoms with Gasteiger partial charge in [-0.3, -0.25) is 0 Å². The number of hydrogen-bond donors (Lipinski definition) is 1. The van der Waals surface area contributed by atoms with Crippen molar-refractivity contribution in [3.8, 4) is 0 Å². The van der Waals surface area contributed by atoms with E-state index in [-0.39, 0.29) is 13.2 Å². The summed E-state index contributed by atoms with van der Waals surface area (Å²) >= 11 is 0. The summed E-state index contributed by atoms with van der Waals surface area (Å²) in [4.78, 5) is 10.2. The Morgan fingerprint density at radius 1 is 0.471 bits per heavy atom. The summed E-state index contributed by atoms with van der Waals surface area (Å²) < 4.78 is 52.6. The van der Waals surface area contributed by atoms with Crippen molar-refractivity contribution in [1.29, 1.82) is 0 Å². The second kappa shape index (κ2) is 29.7. The molecule has 0 fully saturated rings. The number of aliphatic carboxylic acids is 1. The Bertz CT molecular complexity index is 425. The molecular formula is C22H42O12. The van der Waals surface area contributed by atoms with E-state index in [1.54, 1.807) is 0 Å². The van der Waals surface area contributed by atoms with Gasteiger partial charge in [0.05, 0.1) is 119 Å². The molecule has 1 N–H and O–H groups in total. The lowest BCUT2D eigenvalue weighted by Crippen LogP contribution is -2.15. The van der Waals surface area contributed by atoms with Gasteiger partial charge in [0.25, 0.3) is 0 Å². The lowest BCUT2D eigenvalue weighted by atomic mass is 10.6. The van der Waals surface area contributed by atoms with E-state index < -0.39 is 5.97 Å². The first-order chi connectivity index (χ1) is 16.8. The van der Waals surface area contributed by atoms with Gasteiger partial charge in [-0.1, -0.05) is 6.58 Å². The van der Waals surface area contributed by atoms with E-state index in [1.807, 2.05) is 0 Å². The number of carboxylic acids is 1. The summed E-state index contributed by atoms with van der Waals surface area (Å²) in [5.74, 6) is -0.994. The van der Waals surface area contributed by atoms with Gasteiger partial charge in [0.2, 0.25) is 0 Å². The van der Waals surface area contributed by atoms with Crippen molar-refractivity contribution in [2.75, 3.05) is 126 Å². The average Bonchev–Trinajstić information content (AvgIpc) is 2.83. The fraction of sp³-hybridized carbons (Fsp3) is 0.864. The Labute approximate surface area is 202 Å². The summed E-state index contributed by atoms with van der Waals surface area (Å²) in [5, 5.41) is 8.39. The molecule has 0 spiro atoms. The molecule has 0 aliphatic heterocycles. The summed E-state index contributed by atoms with van der Waals surface area (Å²) in [6.07, 6.45) is 1.39. The third-order valence-corrected chi connectivity index (χ3v) is 3.66. The molecule has 0 aliphatic carbocycles. The zero-order chi connectivity index (χ0) is 24.8. The van der Waals surface area contributed by atoms with Gasteiger partial charge in [0.15, 0.2) is 0 Å². The summed E-state index contributed by atoms with van der Waals surface area (Å²) in [6, 6.07) is 0. The van der Waals surface area contributed by atoms with Crippen molar-refractivity contribution in [3.63, 3.8) is 0 Å². The van der Waals surface area contributed by atoms with Crippen LogP contribution in [0.1, 0.15) is 0 Å². The highest BCUT2D eigenvalue weighted by molar-refractivity contribution is 5.67. The van der Waals surface area contributed by atoms with E-state index in [4.69, 9.17) is 52.5 Å². The fourth-order valence-electron chi connectivity index (χ4n) is 2.11. The average molecular weight is 499 g/mol. The quantitative estimate of drug-likeness (QED) is 0.109. The van der Waals surface area contributed by atoms with Gasteiger partial charge >= 0.3 is 5.97 Å². The lowest BCUT2D eigenvalue weighted by molar-refractivity contribution is -0.142. The highest BCUT2D eigenvalue weighted by atomic mass is 16.6.